The smallest absolute Gasteiger partial charge is 0.303 e. The summed E-state index contributed by atoms with van der Waals surface area (Å²) in [5.41, 5.74) is 2.44. The lowest BCUT2D eigenvalue weighted by Gasteiger charge is -2.51. The molecule has 140 valence electrons. The second-order valence-electron chi connectivity index (χ2n) is 9.51. The maximum atomic E-state index is 11.9. The van der Waals surface area contributed by atoms with Crippen LogP contribution in [0.2, 0.25) is 0 Å². The monoisotopic (exact) mass is 346 g/mol. The van der Waals surface area contributed by atoms with Crippen LogP contribution >= 0.6 is 0 Å². The third kappa shape index (κ3) is 2.79. The van der Waals surface area contributed by atoms with Crippen molar-refractivity contribution in [1.82, 2.24) is 0 Å². The molecule has 3 rings (SSSR count). The number of rotatable bonds is 2. The van der Waals surface area contributed by atoms with Gasteiger partial charge < -0.3 is 9.84 Å². The molecule has 0 aromatic carbocycles. The van der Waals surface area contributed by atoms with Gasteiger partial charge >= 0.3 is 5.97 Å². The lowest BCUT2D eigenvalue weighted by Crippen LogP contribution is -2.52. The van der Waals surface area contributed by atoms with Gasteiger partial charge in [-0.05, 0) is 67.4 Å². The molecule has 0 aliphatic heterocycles. The van der Waals surface area contributed by atoms with Gasteiger partial charge in [0.05, 0.1) is 5.60 Å². The van der Waals surface area contributed by atoms with Crippen molar-refractivity contribution in [3.8, 4) is 0 Å². The number of aliphatic hydroxyl groups is 1. The zero-order chi connectivity index (χ0) is 18.6. The lowest BCUT2D eigenvalue weighted by molar-refractivity contribution is -0.148. The summed E-state index contributed by atoms with van der Waals surface area (Å²) >= 11 is 0. The molecule has 0 aromatic heterocycles. The molecule has 4 atom stereocenters. The van der Waals surface area contributed by atoms with Crippen molar-refractivity contribution in [3.05, 3.63) is 23.3 Å². The molecule has 0 spiro atoms. The Bertz CT molecular complexity index is 631. The highest BCUT2D eigenvalue weighted by Crippen LogP contribution is 2.63. The van der Waals surface area contributed by atoms with Crippen molar-refractivity contribution in [2.24, 2.45) is 16.7 Å². The van der Waals surface area contributed by atoms with Crippen molar-refractivity contribution in [1.29, 1.82) is 0 Å². The minimum atomic E-state index is -0.868. The number of ether oxygens (including phenoxy) is 1. The molecule has 0 saturated heterocycles. The standard InChI is InChI=1S/C22H34O3/c1-14(2)17-9-11-20(5)13-22(24)15(3)8-7-10-21(22,6)12-18(19(17)20)25-16(4)23/h14,18,24H,3,7-13H2,1-2,4-6H3. The van der Waals surface area contributed by atoms with Crippen LogP contribution in [0.3, 0.4) is 0 Å². The summed E-state index contributed by atoms with van der Waals surface area (Å²) in [6, 6.07) is 0. The molecule has 1 N–H and O–H groups in total. The van der Waals surface area contributed by atoms with E-state index in [0.717, 1.165) is 37.7 Å². The average molecular weight is 347 g/mol. The molecule has 3 nitrogen and oxygen atoms in total. The van der Waals surface area contributed by atoms with Gasteiger partial charge in [-0.1, -0.05) is 39.8 Å². The summed E-state index contributed by atoms with van der Waals surface area (Å²) in [5, 5.41) is 11.8. The molecule has 3 aliphatic rings. The Hall–Kier alpha value is -1.09. The predicted octanol–water partition coefficient (Wildman–Crippen LogP) is 4.94. The summed E-state index contributed by atoms with van der Waals surface area (Å²) in [6.45, 7) is 14.7. The highest BCUT2D eigenvalue weighted by molar-refractivity contribution is 5.66. The van der Waals surface area contributed by atoms with Crippen molar-refractivity contribution >= 4 is 5.97 Å². The van der Waals surface area contributed by atoms with E-state index in [1.807, 2.05) is 0 Å². The first-order valence-electron chi connectivity index (χ1n) is 9.84. The molecule has 25 heavy (non-hydrogen) atoms. The summed E-state index contributed by atoms with van der Waals surface area (Å²) in [6.07, 6.45) is 6.17. The fourth-order valence-electron chi connectivity index (χ4n) is 5.96. The lowest BCUT2D eigenvalue weighted by atomic mass is 9.58. The zero-order valence-electron chi connectivity index (χ0n) is 16.6. The number of hydrogen-bond acceptors (Lipinski definition) is 3. The Morgan fingerprint density at radius 3 is 2.56 bits per heavy atom. The van der Waals surface area contributed by atoms with Crippen LogP contribution < -0.4 is 0 Å². The third-order valence-corrected chi connectivity index (χ3v) is 7.34. The summed E-state index contributed by atoms with van der Waals surface area (Å²) < 4.78 is 5.89. The van der Waals surface area contributed by atoms with E-state index in [4.69, 9.17) is 4.74 Å². The average Bonchev–Trinajstić information content (AvgIpc) is 2.78. The van der Waals surface area contributed by atoms with E-state index in [2.05, 4.69) is 34.3 Å². The van der Waals surface area contributed by atoms with E-state index < -0.39 is 5.60 Å². The third-order valence-electron chi connectivity index (χ3n) is 7.34. The second-order valence-corrected chi connectivity index (χ2v) is 9.51. The van der Waals surface area contributed by atoms with Crippen LogP contribution in [0.25, 0.3) is 0 Å². The molecule has 0 radical (unpaired) electrons. The predicted molar refractivity (Wildman–Crippen MR) is 100 cm³/mol. The maximum absolute atomic E-state index is 11.9. The maximum Gasteiger partial charge on any atom is 0.303 e. The Balaban J connectivity index is 2.17. The molecule has 3 aliphatic carbocycles. The van der Waals surface area contributed by atoms with Gasteiger partial charge in [0.15, 0.2) is 0 Å². The number of carbonyl (C=O) groups excluding carboxylic acids is 1. The minimum absolute atomic E-state index is 0.119. The Kier molecular flexibility index (Phi) is 4.47. The van der Waals surface area contributed by atoms with Gasteiger partial charge in [-0.2, -0.15) is 0 Å². The van der Waals surface area contributed by atoms with Gasteiger partial charge in [0, 0.05) is 12.3 Å². The van der Waals surface area contributed by atoms with Gasteiger partial charge in [0.1, 0.15) is 6.10 Å². The van der Waals surface area contributed by atoms with E-state index in [1.54, 1.807) is 0 Å². The summed E-state index contributed by atoms with van der Waals surface area (Å²) in [4.78, 5) is 11.9. The van der Waals surface area contributed by atoms with E-state index in [1.165, 1.54) is 18.1 Å². The van der Waals surface area contributed by atoms with Crippen LogP contribution in [0, 0.1) is 16.7 Å². The van der Waals surface area contributed by atoms with Crippen molar-refractivity contribution in [2.75, 3.05) is 0 Å². The second kappa shape index (κ2) is 5.97. The van der Waals surface area contributed by atoms with Crippen molar-refractivity contribution < 1.29 is 14.6 Å². The fraction of sp³-hybridized carbons (Fsp3) is 0.773. The Morgan fingerprint density at radius 1 is 1.28 bits per heavy atom. The molecule has 2 saturated carbocycles. The van der Waals surface area contributed by atoms with E-state index >= 15 is 0 Å². The van der Waals surface area contributed by atoms with Crippen molar-refractivity contribution in [2.45, 2.75) is 91.3 Å². The first-order chi connectivity index (χ1) is 11.5. The molecular formula is C22H34O3. The molecule has 0 heterocycles. The van der Waals surface area contributed by atoms with Crippen LogP contribution in [0.1, 0.15) is 79.6 Å². The number of esters is 1. The van der Waals surface area contributed by atoms with Gasteiger partial charge in [0.2, 0.25) is 0 Å². The van der Waals surface area contributed by atoms with Gasteiger partial charge in [-0.25, -0.2) is 0 Å². The van der Waals surface area contributed by atoms with Gasteiger partial charge in [-0.3, -0.25) is 4.79 Å². The van der Waals surface area contributed by atoms with Crippen LogP contribution in [0.4, 0.5) is 0 Å². The molecule has 2 fully saturated rings. The van der Waals surface area contributed by atoms with Crippen molar-refractivity contribution in [3.63, 3.8) is 0 Å². The van der Waals surface area contributed by atoms with E-state index in [9.17, 15) is 9.90 Å². The number of carbonyl (C=O) groups is 1. The first kappa shape index (κ1) is 18.7. The topological polar surface area (TPSA) is 46.5 Å². The largest absolute Gasteiger partial charge is 0.458 e. The molecular weight excluding hydrogens is 312 g/mol. The zero-order valence-corrected chi connectivity index (χ0v) is 16.6. The fourth-order valence-corrected chi connectivity index (χ4v) is 5.96. The first-order valence-corrected chi connectivity index (χ1v) is 9.84. The Labute approximate surface area is 152 Å². The molecule has 0 amide bonds. The van der Waals surface area contributed by atoms with Crippen LogP contribution in [0.5, 0.6) is 0 Å². The minimum Gasteiger partial charge on any atom is -0.458 e. The molecule has 0 aromatic rings. The molecule has 0 bridgehead atoms. The highest BCUT2D eigenvalue weighted by Gasteiger charge is 2.60. The van der Waals surface area contributed by atoms with Crippen LogP contribution in [0.15, 0.2) is 23.3 Å². The van der Waals surface area contributed by atoms with Gasteiger partial charge in [-0.15, -0.1) is 0 Å². The summed E-state index contributed by atoms with van der Waals surface area (Å²) in [7, 11) is 0. The van der Waals surface area contributed by atoms with Gasteiger partial charge in [0.25, 0.3) is 0 Å². The van der Waals surface area contributed by atoms with E-state index in [-0.39, 0.29) is 22.9 Å². The molecule has 4 unspecified atom stereocenters. The number of allylic oxidation sites excluding steroid dienone is 1. The van der Waals surface area contributed by atoms with E-state index in [0.29, 0.717) is 18.8 Å². The SMILES string of the molecule is C=C1CCCC2(C)CC(OC(C)=O)C3=C(C(C)C)CCC3(C)CC12O. The summed E-state index contributed by atoms with van der Waals surface area (Å²) in [5.74, 6) is 0.221. The highest BCUT2D eigenvalue weighted by atomic mass is 16.5. The quantitative estimate of drug-likeness (QED) is 0.569. The number of hydrogen-bond donors (Lipinski definition) is 1. The number of fused-ring (bicyclic) bond motifs is 2. The van der Waals surface area contributed by atoms with Crippen LogP contribution in [-0.4, -0.2) is 22.8 Å². The molecule has 3 heteroatoms. The van der Waals surface area contributed by atoms with Crippen LogP contribution in [-0.2, 0) is 9.53 Å². The normalized spacial score (nSPS) is 41.4. The Morgan fingerprint density at radius 2 is 1.96 bits per heavy atom.